The first-order chi connectivity index (χ1) is 13.2. The summed E-state index contributed by atoms with van der Waals surface area (Å²) in [6, 6.07) is 16.0. The van der Waals surface area contributed by atoms with E-state index in [2.05, 4.69) is 10.6 Å². The molecule has 1 heterocycles. The lowest BCUT2D eigenvalue weighted by molar-refractivity contribution is -0.116. The summed E-state index contributed by atoms with van der Waals surface area (Å²) in [5.74, 6) is 0.308. The van der Waals surface area contributed by atoms with Crippen LogP contribution in [0.2, 0.25) is 0 Å². The average molecular weight is 380 g/mol. The lowest BCUT2D eigenvalue weighted by Gasteiger charge is -2.10. The molecule has 0 unspecified atom stereocenters. The summed E-state index contributed by atoms with van der Waals surface area (Å²) in [7, 11) is 1.56. The van der Waals surface area contributed by atoms with Crippen LogP contribution >= 0.6 is 11.3 Å². The van der Waals surface area contributed by atoms with Crippen LogP contribution in [0.3, 0.4) is 0 Å². The molecule has 2 N–H and O–H groups in total. The number of ether oxygens (including phenoxy) is 1. The Morgan fingerprint density at radius 3 is 2.48 bits per heavy atom. The van der Waals surface area contributed by atoms with Crippen LogP contribution in [0.25, 0.3) is 0 Å². The number of rotatable bonds is 7. The van der Waals surface area contributed by atoms with Gasteiger partial charge in [-0.2, -0.15) is 11.3 Å². The molecule has 6 heteroatoms. The van der Waals surface area contributed by atoms with Crippen LogP contribution in [0.15, 0.2) is 65.4 Å². The van der Waals surface area contributed by atoms with Gasteiger partial charge in [0.2, 0.25) is 5.91 Å². The van der Waals surface area contributed by atoms with E-state index in [9.17, 15) is 9.59 Å². The quantitative estimate of drug-likeness (QED) is 0.630. The number of hydrogen-bond donors (Lipinski definition) is 2. The Kier molecular flexibility index (Phi) is 6.22. The van der Waals surface area contributed by atoms with Crippen molar-refractivity contribution in [2.75, 3.05) is 17.7 Å². The number of hydrogen-bond acceptors (Lipinski definition) is 4. The third-order valence-corrected chi connectivity index (χ3v) is 4.74. The van der Waals surface area contributed by atoms with Gasteiger partial charge in [-0.1, -0.05) is 12.1 Å². The molecule has 27 heavy (non-hydrogen) atoms. The zero-order valence-corrected chi connectivity index (χ0v) is 15.7. The minimum atomic E-state index is -0.241. The fourth-order valence-electron chi connectivity index (χ4n) is 2.56. The van der Waals surface area contributed by atoms with Crippen LogP contribution in [0, 0.1) is 0 Å². The zero-order valence-electron chi connectivity index (χ0n) is 14.9. The molecule has 0 radical (unpaired) electrons. The van der Waals surface area contributed by atoms with Crippen molar-refractivity contribution in [1.29, 1.82) is 0 Å². The Bertz CT molecular complexity index is 905. The van der Waals surface area contributed by atoms with Gasteiger partial charge in [-0.05, 0) is 65.2 Å². The first-order valence-corrected chi connectivity index (χ1v) is 9.45. The van der Waals surface area contributed by atoms with Gasteiger partial charge in [0.05, 0.1) is 12.8 Å². The molecule has 0 aliphatic carbocycles. The van der Waals surface area contributed by atoms with Gasteiger partial charge in [-0.15, -0.1) is 0 Å². The maximum atomic E-state index is 12.4. The van der Waals surface area contributed by atoms with Crippen molar-refractivity contribution in [3.8, 4) is 5.75 Å². The Morgan fingerprint density at radius 1 is 1.00 bits per heavy atom. The van der Waals surface area contributed by atoms with Gasteiger partial charge in [-0.25, -0.2) is 0 Å². The van der Waals surface area contributed by atoms with E-state index in [1.54, 1.807) is 54.8 Å². The first kappa shape index (κ1) is 18.7. The van der Waals surface area contributed by atoms with Gasteiger partial charge in [0, 0.05) is 17.7 Å². The average Bonchev–Trinajstić information content (AvgIpc) is 3.21. The number of amides is 2. The highest BCUT2D eigenvalue weighted by atomic mass is 32.1. The number of benzene rings is 2. The minimum Gasteiger partial charge on any atom is -0.495 e. The second-order valence-corrected chi connectivity index (χ2v) is 6.69. The van der Waals surface area contributed by atoms with Crippen molar-refractivity contribution in [1.82, 2.24) is 0 Å². The van der Waals surface area contributed by atoms with E-state index in [-0.39, 0.29) is 11.8 Å². The van der Waals surface area contributed by atoms with Gasteiger partial charge in [-0.3, -0.25) is 9.59 Å². The molecule has 2 aromatic carbocycles. The molecule has 0 aliphatic rings. The third kappa shape index (κ3) is 5.18. The third-order valence-electron chi connectivity index (χ3n) is 4.01. The fraction of sp³-hybridized carbons (Fsp3) is 0.143. The molecule has 0 saturated heterocycles. The summed E-state index contributed by atoms with van der Waals surface area (Å²) in [5, 5.41) is 9.72. The van der Waals surface area contributed by atoms with Crippen LogP contribution in [0.5, 0.6) is 5.75 Å². The molecule has 1 aromatic heterocycles. The monoisotopic (exact) mass is 380 g/mol. The molecular weight excluding hydrogens is 360 g/mol. The number of aryl methyl sites for hydroxylation is 1. The number of para-hydroxylation sites is 2. The van der Waals surface area contributed by atoms with Crippen molar-refractivity contribution >= 4 is 34.5 Å². The summed E-state index contributed by atoms with van der Waals surface area (Å²) >= 11 is 1.62. The van der Waals surface area contributed by atoms with Gasteiger partial charge >= 0.3 is 0 Å². The lowest BCUT2D eigenvalue weighted by atomic mass is 10.1. The van der Waals surface area contributed by atoms with Crippen LogP contribution in [-0.4, -0.2) is 18.9 Å². The lowest BCUT2D eigenvalue weighted by Crippen LogP contribution is -2.14. The van der Waals surface area contributed by atoms with E-state index >= 15 is 0 Å². The van der Waals surface area contributed by atoms with Gasteiger partial charge in [0.1, 0.15) is 5.75 Å². The van der Waals surface area contributed by atoms with E-state index in [0.29, 0.717) is 35.5 Å². The number of thiophene rings is 1. The van der Waals surface area contributed by atoms with E-state index < -0.39 is 0 Å². The van der Waals surface area contributed by atoms with Gasteiger partial charge in [0.25, 0.3) is 5.91 Å². The predicted octanol–water partition coefficient (Wildman–Crippen LogP) is 4.58. The highest BCUT2D eigenvalue weighted by Gasteiger charge is 2.10. The fourth-order valence-corrected chi connectivity index (χ4v) is 3.27. The molecule has 138 valence electrons. The summed E-state index contributed by atoms with van der Waals surface area (Å²) < 4.78 is 5.23. The maximum absolute atomic E-state index is 12.4. The Balaban J connectivity index is 1.56. The summed E-state index contributed by atoms with van der Waals surface area (Å²) in [4.78, 5) is 24.4. The molecule has 0 saturated carbocycles. The second-order valence-electron chi connectivity index (χ2n) is 5.91. The summed E-state index contributed by atoms with van der Waals surface area (Å²) in [6.45, 7) is 0. The number of anilines is 2. The molecular formula is C21H20N2O3S. The SMILES string of the molecule is COc1ccccc1NC(=O)c1ccc(NC(=O)CCc2ccsc2)cc1. The van der Waals surface area contributed by atoms with Crippen molar-refractivity contribution < 1.29 is 14.3 Å². The smallest absolute Gasteiger partial charge is 0.255 e. The van der Waals surface area contributed by atoms with E-state index in [0.717, 1.165) is 0 Å². The van der Waals surface area contributed by atoms with Crippen molar-refractivity contribution in [2.24, 2.45) is 0 Å². The molecule has 0 aliphatic heterocycles. The Labute approximate surface area is 162 Å². The number of carbonyl (C=O) groups is 2. The number of carbonyl (C=O) groups excluding carboxylic acids is 2. The van der Waals surface area contributed by atoms with Crippen LogP contribution in [-0.2, 0) is 11.2 Å². The normalized spacial score (nSPS) is 10.3. The summed E-state index contributed by atoms with van der Waals surface area (Å²) in [6.07, 6.45) is 1.14. The molecule has 0 bridgehead atoms. The molecule has 0 fully saturated rings. The Morgan fingerprint density at radius 2 is 1.78 bits per heavy atom. The standard InChI is InChI=1S/C21H20N2O3S/c1-26-19-5-3-2-4-18(19)23-21(25)16-7-9-17(10-8-16)22-20(24)11-6-15-12-13-27-14-15/h2-5,7-10,12-14H,6,11H2,1H3,(H,22,24)(H,23,25). The number of nitrogens with one attached hydrogen (secondary N) is 2. The Hall–Kier alpha value is -3.12. The van der Waals surface area contributed by atoms with Gasteiger partial charge < -0.3 is 15.4 Å². The maximum Gasteiger partial charge on any atom is 0.255 e. The highest BCUT2D eigenvalue weighted by Crippen LogP contribution is 2.24. The number of methoxy groups -OCH3 is 1. The second kappa shape index (κ2) is 9.00. The van der Waals surface area contributed by atoms with E-state index in [4.69, 9.17) is 4.74 Å². The molecule has 3 rings (SSSR count). The molecule has 3 aromatic rings. The van der Waals surface area contributed by atoms with Crippen molar-refractivity contribution in [3.63, 3.8) is 0 Å². The predicted molar refractivity (Wildman–Crippen MR) is 109 cm³/mol. The van der Waals surface area contributed by atoms with Crippen molar-refractivity contribution in [3.05, 3.63) is 76.5 Å². The van der Waals surface area contributed by atoms with Crippen LogP contribution in [0.4, 0.5) is 11.4 Å². The molecule has 2 amide bonds. The topological polar surface area (TPSA) is 67.4 Å². The molecule has 0 atom stereocenters. The van der Waals surface area contributed by atoms with Crippen LogP contribution in [0.1, 0.15) is 22.3 Å². The highest BCUT2D eigenvalue weighted by molar-refractivity contribution is 7.07. The summed E-state index contributed by atoms with van der Waals surface area (Å²) in [5.41, 5.74) is 2.94. The van der Waals surface area contributed by atoms with Crippen molar-refractivity contribution in [2.45, 2.75) is 12.8 Å². The van der Waals surface area contributed by atoms with Gasteiger partial charge in [0.15, 0.2) is 0 Å². The minimum absolute atomic E-state index is 0.0487. The van der Waals surface area contributed by atoms with E-state index in [1.807, 2.05) is 29.0 Å². The van der Waals surface area contributed by atoms with E-state index in [1.165, 1.54) is 5.56 Å². The first-order valence-electron chi connectivity index (χ1n) is 8.51. The zero-order chi connectivity index (χ0) is 19.1. The molecule has 0 spiro atoms. The largest absolute Gasteiger partial charge is 0.495 e. The van der Waals surface area contributed by atoms with Crippen LogP contribution < -0.4 is 15.4 Å². The molecule has 5 nitrogen and oxygen atoms in total.